The lowest BCUT2D eigenvalue weighted by atomic mass is 9.94. The molecule has 0 saturated carbocycles. The van der Waals surface area contributed by atoms with Gasteiger partial charge in [-0.2, -0.15) is 0 Å². The Labute approximate surface area is 125 Å². The van der Waals surface area contributed by atoms with Gasteiger partial charge in [-0.15, -0.1) is 0 Å². The zero-order valence-corrected chi connectivity index (χ0v) is 12.8. The molecule has 1 aliphatic rings. The summed E-state index contributed by atoms with van der Waals surface area (Å²) in [6, 6.07) is 5.69. The third-order valence-electron chi connectivity index (χ3n) is 3.54. The molecule has 0 aliphatic carbocycles. The Balaban J connectivity index is 2.15. The second kappa shape index (κ2) is 6.61. The van der Waals surface area contributed by atoms with Crippen molar-refractivity contribution in [2.45, 2.75) is 26.8 Å². The summed E-state index contributed by atoms with van der Waals surface area (Å²) in [5, 5.41) is 2.64. The van der Waals surface area contributed by atoms with Crippen LogP contribution in [0.25, 0.3) is 0 Å². The number of carbonyl (C=O) groups excluding carboxylic acids is 2. The fourth-order valence-electron chi connectivity index (χ4n) is 2.41. The first-order valence-electron chi connectivity index (χ1n) is 7.27. The number of benzene rings is 1. The molecule has 0 fully saturated rings. The lowest BCUT2D eigenvalue weighted by Gasteiger charge is -2.29. The molecule has 1 heterocycles. The van der Waals surface area contributed by atoms with E-state index in [0.29, 0.717) is 31.2 Å². The van der Waals surface area contributed by atoms with Gasteiger partial charge in [0.15, 0.2) is 0 Å². The van der Waals surface area contributed by atoms with Crippen molar-refractivity contribution in [1.29, 1.82) is 0 Å². The summed E-state index contributed by atoms with van der Waals surface area (Å²) in [6.07, 6.45) is 0.442. The zero-order valence-electron chi connectivity index (χ0n) is 12.8. The van der Waals surface area contributed by atoms with Crippen LogP contribution in [0, 0.1) is 5.92 Å². The van der Waals surface area contributed by atoms with Crippen LogP contribution in [0.5, 0.6) is 0 Å². The van der Waals surface area contributed by atoms with E-state index in [-0.39, 0.29) is 12.0 Å². The Morgan fingerprint density at radius 3 is 2.81 bits per heavy atom. The molecule has 2 rings (SSSR count). The molecule has 0 saturated heterocycles. The Hall–Kier alpha value is -2.04. The van der Waals surface area contributed by atoms with E-state index in [0.717, 1.165) is 17.5 Å². The van der Waals surface area contributed by atoms with Crippen LogP contribution in [0.4, 0.5) is 4.79 Å². The molecule has 21 heavy (non-hydrogen) atoms. The first-order chi connectivity index (χ1) is 10.0. The van der Waals surface area contributed by atoms with E-state index in [1.807, 2.05) is 26.0 Å². The third kappa shape index (κ3) is 3.54. The number of nitrogens with zero attached hydrogens (tertiary/aromatic N) is 1. The number of amides is 2. The molecule has 0 radical (unpaired) electrons. The molecule has 5 nitrogen and oxygen atoms in total. The van der Waals surface area contributed by atoms with Gasteiger partial charge in [0, 0.05) is 19.2 Å². The second-order valence-electron chi connectivity index (χ2n) is 5.66. The topological polar surface area (TPSA) is 58.6 Å². The first-order valence-corrected chi connectivity index (χ1v) is 7.27. The molecular weight excluding hydrogens is 268 g/mol. The van der Waals surface area contributed by atoms with E-state index in [1.165, 1.54) is 0 Å². The van der Waals surface area contributed by atoms with Crippen molar-refractivity contribution < 1.29 is 14.3 Å². The highest BCUT2D eigenvalue weighted by Gasteiger charge is 2.25. The molecule has 114 valence electrons. The minimum absolute atomic E-state index is 0.121. The van der Waals surface area contributed by atoms with Gasteiger partial charge in [0.2, 0.25) is 0 Å². The number of ether oxygens (including phenoxy) is 1. The monoisotopic (exact) mass is 290 g/mol. The molecule has 0 bridgehead atoms. The maximum atomic E-state index is 12.1. The number of carbonyl (C=O) groups is 2. The van der Waals surface area contributed by atoms with Gasteiger partial charge in [-0.05, 0) is 29.5 Å². The van der Waals surface area contributed by atoms with Crippen LogP contribution >= 0.6 is 0 Å². The molecule has 0 unspecified atom stereocenters. The number of hydrogen-bond donors (Lipinski definition) is 1. The first kappa shape index (κ1) is 15.4. The third-order valence-corrected chi connectivity index (χ3v) is 3.54. The summed E-state index contributed by atoms with van der Waals surface area (Å²) in [5.74, 6) is 0.191. The van der Waals surface area contributed by atoms with Gasteiger partial charge in [-0.3, -0.25) is 4.79 Å². The van der Waals surface area contributed by atoms with Gasteiger partial charge in [-0.1, -0.05) is 26.0 Å². The lowest BCUT2D eigenvalue weighted by molar-refractivity contribution is 0.0867. The van der Waals surface area contributed by atoms with E-state index in [1.54, 1.807) is 18.0 Å². The van der Waals surface area contributed by atoms with Crippen molar-refractivity contribution >= 4 is 12.0 Å². The SMILES string of the molecule is CNC(=O)c1cccc2c1CN(C(=O)OCC(C)C)CC2. The number of nitrogens with one attached hydrogen (secondary N) is 1. The minimum Gasteiger partial charge on any atom is -0.449 e. The molecular formula is C16H22N2O3. The van der Waals surface area contributed by atoms with Crippen molar-refractivity contribution in [2.75, 3.05) is 20.2 Å². The summed E-state index contributed by atoms with van der Waals surface area (Å²) >= 11 is 0. The lowest BCUT2D eigenvalue weighted by Crippen LogP contribution is -2.38. The smallest absolute Gasteiger partial charge is 0.410 e. The van der Waals surface area contributed by atoms with Crippen LogP contribution in [0.2, 0.25) is 0 Å². The van der Waals surface area contributed by atoms with Crippen molar-refractivity contribution in [3.8, 4) is 0 Å². The molecule has 1 aromatic carbocycles. The van der Waals surface area contributed by atoms with Gasteiger partial charge in [-0.25, -0.2) is 4.79 Å². The summed E-state index contributed by atoms with van der Waals surface area (Å²) < 4.78 is 5.27. The molecule has 0 spiro atoms. The van der Waals surface area contributed by atoms with E-state index < -0.39 is 0 Å². The van der Waals surface area contributed by atoms with Crippen molar-refractivity contribution in [1.82, 2.24) is 10.2 Å². The molecule has 5 heteroatoms. The molecule has 0 atom stereocenters. The van der Waals surface area contributed by atoms with Crippen LogP contribution < -0.4 is 5.32 Å². The molecule has 0 aromatic heterocycles. The Morgan fingerprint density at radius 1 is 1.38 bits per heavy atom. The molecule has 1 aromatic rings. The van der Waals surface area contributed by atoms with Crippen LogP contribution in [0.3, 0.4) is 0 Å². The molecule has 1 N–H and O–H groups in total. The van der Waals surface area contributed by atoms with Gasteiger partial charge < -0.3 is 15.0 Å². The Bertz CT molecular complexity index is 540. The fourth-order valence-corrected chi connectivity index (χ4v) is 2.41. The maximum absolute atomic E-state index is 12.1. The average molecular weight is 290 g/mol. The summed E-state index contributed by atoms with van der Waals surface area (Å²) in [6.45, 7) is 5.47. The maximum Gasteiger partial charge on any atom is 0.410 e. The standard InChI is InChI=1S/C16H22N2O3/c1-11(2)10-21-16(20)18-8-7-12-5-4-6-13(14(12)9-18)15(19)17-3/h4-6,11H,7-10H2,1-3H3,(H,17,19). The highest BCUT2D eigenvalue weighted by Crippen LogP contribution is 2.23. The number of hydrogen-bond acceptors (Lipinski definition) is 3. The number of rotatable bonds is 3. The minimum atomic E-state index is -0.305. The highest BCUT2D eigenvalue weighted by molar-refractivity contribution is 5.96. The van der Waals surface area contributed by atoms with Crippen LogP contribution in [0.1, 0.15) is 35.3 Å². The summed E-state index contributed by atoms with van der Waals surface area (Å²) in [5.41, 5.74) is 2.69. The van der Waals surface area contributed by atoms with Crippen molar-refractivity contribution in [3.05, 3.63) is 34.9 Å². The van der Waals surface area contributed by atoms with Crippen LogP contribution in [0.15, 0.2) is 18.2 Å². The van der Waals surface area contributed by atoms with Crippen LogP contribution in [-0.4, -0.2) is 37.1 Å². The van der Waals surface area contributed by atoms with Gasteiger partial charge in [0.25, 0.3) is 5.91 Å². The average Bonchev–Trinajstić information content (AvgIpc) is 2.50. The molecule has 1 aliphatic heterocycles. The number of fused-ring (bicyclic) bond motifs is 1. The highest BCUT2D eigenvalue weighted by atomic mass is 16.6. The normalized spacial score (nSPS) is 13.8. The fraction of sp³-hybridized carbons (Fsp3) is 0.500. The van der Waals surface area contributed by atoms with E-state index in [9.17, 15) is 9.59 Å². The van der Waals surface area contributed by atoms with Gasteiger partial charge >= 0.3 is 6.09 Å². The summed E-state index contributed by atoms with van der Waals surface area (Å²) in [4.78, 5) is 25.7. The predicted octanol–water partition coefficient (Wildman–Crippen LogP) is 2.20. The van der Waals surface area contributed by atoms with Gasteiger partial charge in [0.1, 0.15) is 0 Å². The van der Waals surface area contributed by atoms with E-state index in [2.05, 4.69) is 5.32 Å². The zero-order chi connectivity index (χ0) is 15.4. The van der Waals surface area contributed by atoms with E-state index >= 15 is 0 Å². The quantitative estimate of drug-likeness (QED) is 0.928. The second-order valence-corrected chi connectivity index (χ2v) is 5.66. The van der Waals surface area contributed by atoms with E-state index in [4.69, 9.17) is 4.74 Å². The molecule has 2 amide bonds. The Kier molecular flexibility index (Phi) is 4.83. The Morgan fingerprint density at radius 2 is 2.14 bits per heavy atom. The van der Waals surface area contributed by atoms with Crippen molar-refractivity contribution in [3.63, 3.8) is 0 Å². The van der Waals surface area contributed by atoms with Crippen LogP contribution in [-0.2, 0) is 17.7 Å². The predicted molar refractivity (Wildman–Crippen MR) is 80.1 cm³/mol. The van der Waals surface area contributed by atoms with Crippen molar-refractivity contribution in [2.24, 2.45) is 5.92 Å². The largest absolute Gasteiger partial charge is 0.449 e. The summed E-state index contributed by atoms with van der Waals surface area (Å²) in [7, 11) is 1.61. The van der Waals surface area contributed by atoms with Gasteiger partial charge in [0.05, 0.1) is 13.2 Å².